The van der Waals surface area contributed by atoms with Gasteiger partial charge in [0.15, 0.2) is 0 Å². The summed E-state index contributed by atoms with van der Waals surface area (Å²) in [6, 6.07) is 8.99. The van der Waals surface area contributed by atoms with Gasteiger partial charge in [-0.25, -0.2) is 9.97 Å². The van der Waals surface area contributed by atoms with Crippen molar-refractivity contribution in [2.45, 2.75) is 6.92 Å². The van der Waals surface area contributed by atoms with Crippen LogP contribution in [0.15, 0.2) is 28.7 Å². The molecule has 0 fully saturated rings. The highest BCUT2D eigenvalue weighted by molar-refractivity contribution is 9.10. The van der Waals surface area contributed by atoms with Crippen molar-refractivity contribution in [1.29, 1.82) is 5.26 Å². The van der Waals surface area contributed by atoms with Gasteiger partial charge in [-0.15, -0.1) is 0 Å². The van der Waals surface area contributed by atoms with Crippen molar-refractivity contribution in [1.82, 2.24) is 9.97 Å². The summed E-state index contributed by atoms with van der Waals surface area (Å²) in [5.41, 5.74) is 7.05. The Morgan fingerprint density at radius 2 is 2.11 bits per heavy atom. The minimum absolute atomic E-state index is 0.412. The van der Waals surface area contributed by atoms with Gasteiger partial charge in [0.25, 0.3) is 0 Å². The molecule has 0 atom stereocenters. The number of aromatic nitrogens is 2. The third-order valence-corrected chi connectivity index (χ3v) is 2.87. The number of benzene rings is 1. The van der Waals surface area contributed by atoms with E-state index in [4.69, 9.17) is 11.0 Å². The van der Waals surface area contributed by atoms with Crippen LogP contribution in [0.25, 0.3) is 0 Å². The standard InChI is InChI=1S/C12H10BrN5/c1-7-16-11(15)5-12(17-7)18-10-3-2-8(6-14)4-9(10)13/h2-5H,1H3,(H3,15,16,17,18). The highest BCUT2D eigenvalue weighted by Crippen LogP contribution is 2.26. The molecule has 18 heavy (non-hydrogen) atoms. The molecule has 1 aromatic carbocycles. The fourth-order valence-corrected chi connectivity index (χ4v) is 1.96. The molecule has 2 rings (SSSR count). The van der Waals surface area contributed by atoms with Gasteiger partial charge in [-0.3, -0.25) is 0 Å². The van der Waals surface area contributed by atoms with Crippen LogP contribution in [0.5, 0.6) is 0 Å². The Morgan fingerprint density at radius 3 is 2.72 bits per heavy atom. The average molecular weight is 304 g/mol. The van der Waals surface area contributed by atoms with Gasteiger partial charge in [-0.1, -0.05) is 0 Å². The van der Waals surface area contributed by atoms with E-state index >= 15 is 0 Å². The largest absolute Gasteiger partial charge is 0.384 e. The first-order valence-corrected chi connectivity index (χ1v) is 5.95. The SMILES string of the molecule is Cc1nc(N)cc(Nc2ccc(C#N)cc2Br)n1. The maximum atomic E-state index is 8.79. The summed E-state index contributed by atoms with van der Waals surface area (Å²) in [5, 5.41) is 11.9. The van der Waals surface area contributed by atoms with E-state index in [1.54, 1.807) is 31.2 Å². The van der Waals surface area contributed by atoms with Crippen molar-refractivity contribution in [3.63, 3.8) is 0 Å². The van der Waals surface area contributed by atoms with E-state index in [-0.39, 0.29) is 0 Å². The highest BCUT2D eigenvalue weighted by Gasteiger charge is 2.04. The number of nitrogens with one attached hydrogen (secondary N) is 1. The summed E-state index contributed by atoms with van der Waals surface area (Å²) < 4.78 is 0.788. The monoisotopic (exact) mass is 303 g/mol. The molecule has 0 radical (unpaired) electrons. The van der Waals surface area contributed by atoms with Crippen molar-refractivity contribution < 1.29 is 0 Å². The lowest BCUT2D eigenvalue weighted by Gasteiger charge is -2.09. The summed E-state index contributed by atoms with van der Waals surface area (Å²) in [4.78, 5) is 8.22. The van der Waals surface area contributed by atoms with Crippen LogP contribution in [-0.2, 0) is 0 Å². The van der Waals surface area contributed by atoms with E-state index < -0.39 is 0 Å². The molecule has 0 saturated carbocycles. The summed E-state index contributed by atoms with van der Waals surface area (Å²) >= 11 is 3.39. The Hall–Kier alpha value is -2.13. The number of rotatable bonds is 2. The van der Waals surface area contributed by atoms with Crippen LogP contribution in [0.1, 0.15) is 11.4 Å². The smallest absolute Gasteiger partial charge is 0.136 e. The Morgan fingerprint density at radius 1 is 1.33 bits per heavy atom. The number of hydrogen-bond donors (Lipinski definition) is 2. The number of nitrogen functional groups attached to an aromatic ring is 1. The zero-order valence-corrected chi connectivity index (χ0v) is 11.2. The molecule has 1 heterocycles. The van der Waals surface area contributed by atoms with Crippen molar-refractivity contribution in [3.05, 3.63) is 40.1 Å². The van der Waals surface area contributed by atoms with E-state index in [0.29, 0.717) is 23.0 Å². The van der Waals surface area contributed by atoms with Gasteiger partial charge in [0.2, 0.25) is 0 Å². The van der Waals surface area contributed by atoms with Crippen molar-refractivity contribution >= 4 is 33.3 Å². The first-order chi connectivity index (χ1) is 8.58. The Bertz CT molecular complexity index is 613. The van der Waals surface area contributed by atoms with Crippen LogP contribution in [0.3, 0.4) is 0 Å². The Balaban J connectivity index is 2.31. The fraction of sp³-hybridized carbons (Fsp3) is 0.0833. The third-order valence-electron chi connectivity index (χ3n) is 2.22. The molecule has 2 aromatic rings. The van der Waals surface area contributed by atoms with Crippen LogP contribution in [0.2, 0.25) is 0 Å². The Kier molecular flexibility index (Phi) is 3.44. The zero-order valence-electron chi connectivity index (χ0n) is 9.61. The molecule has 0 amide bonds. The van der Waals surface area contributed by atoms with Crippen molar-refractivity contribution in [2.24, 2.45) is 0 Å². The molecule has 0 unspecified atom stereocenters. The molecular formula is C12H10BrN5. The molecule has 5 nitrogen and oxygen atoms in total. The number of nitriles is 1. The molecule has 90 valence electrons. The zero-order chi connectivity index (χ0) is 13.1. The molecule has 0 saturated heterocycles. The van der Waals surface area contributed by atoms with Gasteiger partial charge in [0.1, 0.15) is 17.5 Å². The van der Waals surface area contributed by atoms with Crippen LogP contribution >= 0.6 is 15.9 Å². The topological polar surface area (TPSA) is 87.6 Å². The quantitative estimate of drug-likeness (QED) is 0.890. The number of halogens is 1. The van der Waals surface area contributed by atoms with Crippen molar-refractivity contribution in [3.8, 4) is 6.07 Å². The molecule has 1 aromatic heterocycles. The van der Waals surface area contributed by atoms with Crippen LogP contribution in [0.4, 0.5) is 17.3 Å². The van der Waals surface area contributed by atoms with Crippen LogP contribution in [-0.4, -0.2) is 9.97 Å². The van der Waals surface area contributed by atoms with E-state index in [9.17, 15) is 0 Å². The Labute approximate surface area is 113 Å². The first kappa shape index (κ1) is 12.3. The summed E-state index contributed by atoms with van der Waals surface area (Å²) in [6.45, 7) is 1.77. The van der Waals surface area contributed by atoms with Gasteiger partial charge in [0, 0.05) is 10.5 Å². The molecule has 6 heteroatoms. The number of hydrogen-bond acceptors (Lipinski definition) is 5. The lowest BCUT2D eigenvalue weighted by molar-refractivity contribution is 1.06. The first-order valence-electron chi connectivity index (χ1n) is 5.16. The second-order valence-corrected chi connectivity index (χ2v) is 4.51. The fourth-order valence-electron chi connectivity index (χ4n) is 1.48. The van der Waals surface area contributed by atoms with Gasteiger partial charge < -0.3 is 11.1 Å². The number of nitrogens with two attached hydrogens (primary N) is 1. The number of nitrogens with zero attached hydrogens (tertiary/aromatic N) is 3. The van der Waals surface area contributed by atoms with Gasteiger partial charge >= 0.3 is 0 Å². The summed E-state index contributed by atoms with van der Waals surface area (Å²) in [7, 11) is 0. The number of anilines is 3. The second-order valence-electron chi connectivity index (χ2n) is 3.66. The minimum Gasteiger partial charge on any atom is -0.384 e. The molecule has 0 spiro atoms. The highest BCUT2D eigenvalue weighted by atomic mass is 79.9. The van der Waals surface area contributed by atoms with Crippen LogP contribution < -0.4 is 11.1 Å². The predicted molar refractivity (Wildman–Crippen MR) is 73.3 cm³/mol. The second kappa shape index (κ2) is 5.02. The van der Waals surface area contributed by atoms with E-state index in [1.165, 1.54) is 0 Å². The molecular weight excluding hydrogens is 294 g/mol. The van der Waals surface area contributed by atoms with Gasteiger partial charge in [-0.2, -0.15) is 5.26 Å². The van der Waals surface area contributed by atoms with E-state index in [2.05, 4.69) is 37.3 Å². The predicted octanol–water partition coefficient (Wildman–Crippen LogP) is 2.75. The molecule has 0 aliphatic heterocycles. The lowest BCUT2D eigenvalue weighted by atomic mass is 10.2. The minimum atomic E-state index is 0.412. The number of aryl methyl sites for hydroxylation is 1. The third kappa shape index (κ3) is 2.76. The summed E-state index contributed by atoms with van der Waals surface area (Å²) in [6.07, 6.45) is 0. The average Bonchev–Trinajstić information content (AvgIpc) is 2.30. The molecule has 0 aliphatic rings. The van der Waals surface area contributed by atoms with Crippen LogP contribution in [0, 0.1) is 18.3 Å². The normalized spacial score (nSPS) is 9.83. The van der Waals surface area contributed by atoms with Gasteiger partial charge in [0.05, 0.1) is 17.3 Å². The maximum absolute atomic E-state index is 8.79. The molecule has 0 bridgehead atoms. The van der Waals surface area contributed by atoms with E-state index in [0.717, 1.165) is 10.2 Å². The van der Waals surface area contributed by atoms with E-state index in [1.807, 2.05) is 0 Å². The maximum Gasteiger partial charge on any atom is 0.136 e. The lowest BCUT2D eigenvalue weighted by Crippen LogP contribution is -2.01. The summed E-state index contributed by atoms with van der Waals surface area (Å²) in [5.74, 6) is 1.63. The van der Waals surface area contributed by atoms with Gasteiger partial charge in [-0.05, 0) is 41.1 Å². The van der Waals surface area contributed by atoms with Crippen molar-refractivity contribution in [2.75, 3.05) is 11.1 Å². The molecule has 0 aliphatic carbocycles. The molecule has 3 N–H and O–H groups in total.